The Kier molecular flexibility index (Phi) is 20.6. The highest BCUT2D eigenvalue weighted by atomic mass is 79.9. The highest BCUT2D eigenvalue weighted by Crippen LogP contribution is 2.42. The third kappa shape index (κ3) is 14.4. The van der Waals surface area contributed by atoms with E-state index >= 15 is 0 Å². The average molecular weight is 1490 g/mol. The van der Waals surface area contributed by atoms with Crippen LogP contribution in [0.3, 0.4) is 0 Å². The third-order valence-electron chi connectivity index (χ3n) is 19.4. The van der Waals surface area contributed by atoms with Crippen molar-refractivity contribution in [2.24, 2.45) is 0 Å². The molecule has 4 fully saturated rings. The van der Waals surface area contributed by atoms with Crippen molar-refractivity contribution >= 4 is 80.1 Å². The molecular formula is C73H73BrCl2N12O14. The first-order valence-electron chi connectivity index (χ1n) is 33.2. The molecule has 4 amide bonds. The molecule has 0 saturated carbocycles. The van der Waals surface area contributed by atoms with Crippen molar-refractivity contribution in [3.63, 3.8) is 0 Å². The second kappa shape index (κ2) is 29.5. The maximum Gasteiger partial charge on any atom is 0.254 e. The summed E-state index contributed by atoms with van der Waals surface area (Å²) in [5.74, 6) is 3.58. The van der Waals surface area contributed by atoms with Crippen molar-refractivity contribution in [2.75, 3.05) is 72.7 Å². The molecule has 102 heavy (non-hydrogen) atoms. The van der Waals surface area contributed by atoms with Gasteiger partial charge in [-0.3, -0.25) is 33.6 Å². The first-order chi connectivity index (χ1) is 49.2. The number of aryl methyl sites for hydroxylation is 3. The molecule has 3 aromatic carbocycles. The molecule has 17 rings (SSSR count). The molecule has 26 nitrogen and oxygen atoms in total. The number of benzene rings is 3. The number of halogens is 3. The van der Waals surface area contributed by atoms with Gasteiger partial charge in [0, 0.05) is 84.1 Å². The van der Waals surface area contributed by atoms with Crippen LogP contribution >= 0.6 is 39.1 Å². The van der Waals surface area contributed by atoms with Gasteiger partial charge in [0.05, 0.1) is 135 Å². The third-order valence-corrected chi connectivity index (χ3v) is 21.3. The van der Waals surface area contributed by atoms with Crippen molar-refractivity contribution in [2.45, 2.75) is 104 Å². The molecule has 5 aromatic heterocycles. The minimum absolute atomic E-state index is 0.0000611. The predicted octanol–water partition coefficient (Wildman–Crippen LogP) is 6.52. The van der Waals surface area contributed by atoms with Gasteiger partial charge in [0.25, 0.3) is 11.8 Å². The fourth-order valence-electron chi connectivity index (χ4n) is 13.9. The van der Waals surface area contributed by atoms with Gasteiger partial charge in [-0.25, -0.2) is 29.9 Å². The number of aliphatic hydroxyl groups excluding tert-OH is 2. The fourth-order valence-corrected chi connectivity index (χ4v) is 14.8. The number of hydrogen-bond donors (Lipinski definition) is 8. The van der Waals surface area contributed by atoms with Gasteiger partial charge in [-0.1, -0.05) is 15.9 Å². The molecular weight excluding hydrogens is 1420 g/mol. The number of ether oxygens (including phenoxy) is 5. The summed E-state index contributed by atoms with van der Waals surface area (Å²) < 4.78 is 25.9. The number of methoxy groups -OCH3 is 3. The predicted molar refractivity (Wildman–Crippen MR) is 377 cm³/mol. The highest BCUT2D eigenvalue weighted by Gasteiger charge is 2.48. The van der Waals surface area contributed by atoms with Crippen LogP contribution in [-0.2, 0) is 73.6 Å². The van der Waals surface area contributed by atoms with Gasteiger partial charge in [0.1, 0.15) is 34.5 Å². The maximum absolute atomic E-state index is 12.9. The van der Waals surface area contributed by atoms with Gasteiger partial charge in [0.15, 0.2) is 23.3 Å². The summed E-state index contributed by atoms with van der Waals surface area (Å²) in [6, 6.07) is 22.8. The van der Waals surface area contributed by atoms with Crippen molar-refractivity contribution in [3.05, 3.63) is 147 Å². The van der Waals surface area contributed by atoms with E-state index in [9.17, 15) is 38.7 Å². The Hall–Kier alpha value is -9.35. The molecule has 0 radical (unpaired) electrons. The molecule has 0 bridgehead atoms. The summed E-state index contributed by atoms with van der Waals surface area (Å²) in [4.78, 5) is 116. The smallest absolute Gasteiger partial charge is 0.254 e. The number of alkyl halides is 3. The Morgan fingerprint density at radius 1 is 0.500 bits per heavy atom. The second-order valence-electron chi connectivity index (χ2n) is 26.8. The number of H-pyrrole nitrogens is 2. The zero-order chi connectivity index (χ0) is 71.7. The molecule has 2 spiro atoms. The molecule has 29 heteroatoms. The zero-order valence-electron chi connectivity index (χ0n) is 56.0. The number of Topliss-reactive ketones (excluding diaryl/α,β-unsaturated/α-hetero) is 3. The van der Waals surface area contributed by atoms with Gasteiger partial charge in [-0.2, -0.15) is 0 Å². The molecule has 4 saturated heterocycles. The molecule has 3 unspecified atom stereocenters. The van der Waals surface area contributed by atoms with Crippen LogP contribution in [-0.4, -0.2) is 191 Å². The molecule has 11 heterocycles. The molecule has 6 aliphatic heterocycles. The van der Waals surface area contributed by atoms with E-state index in [1.165, 1.54) is 0 Å². The van der Waals surface area contributed by atoms with Crippen molar-refractivity contribution in [1.29, 1.82) is 0 Å². The van der Waals surface area contributed by atoms with E-state index < -0.39 is 11.1 Å². The summed E-state index contributed by atoms with van der Waals surface area (Å²) in [6.45, 7) is 1.61. The van der Waals surface area contributed by atoms with Crippen molar-refractivity contribution in [3.8, 4) is 74.2 Å². The minimum atomic E-state index is -0.923. The van der Waals surface area contributed by atoms with Gasteiger partial charge in [-0.15, -0.1) is 23.2 Å². The molecule has 3 aliphatic carbocycles. The average Bonchev–Trinajstić information content (AvgIpc) is 1.58. The molecule has 530 valence electrons. The lowest BCUT2D eigenvalue weighted by Gasteiger charge is -2.44. The van der Waals surface area contributed by atoms with Crippen LogP contribution in [0.5, 0.6) is 17.2 Å². The van der Waals surface area contributed by atoms with E-state index in [1.807, 2.05) is 85.2 Å². The van der Waals surface area contributed by atoms with E-state index in [1.54, 1.807) is 27.5 Å². The van der Waals surface area contributed by atoms with Crippen LogP contribution in [0.15, 0.2) is 91.4 Å². The Balaban J connectivity index is 0.000000120. The summed E-state index contributed by atoms with van der Waals surface area (Å²) in [5.41, 5.74) is 12.8. The lowest BCUT2D eigenvalue weighted by Crippen LogP contribution is -2.65. The van der Waals surface area contributed by atoms with E-state index in [4.69, 9.17) is 62.0 Å². The number of nitrogens with one attached hydrogen (secondary N) is 6. The van der Waals surface area contributed by atoms with E-state index in [-0.39, 0.29) is 101 Å². The van der Waals surface area contributed by atoms with Crippen LogP contribution in [0, 0.1) is 0 Å². The van der Waals surface area contributed by atoms with Gasteiger partial charge in [-0.05, 0) is 139 Å². The highest BCUT2D eigenvalue weighted by molar-refractivity contribution is 9.10. The minimum Gasteiger partial charge on any atom is -0.497 e. The maximum atomic E-state index is 12.9. The number of amides is 4. The number of piperidine rings is 2. The number of nitrogens with zero attached hydrogens (tertiary/aromatic N) is 6. The zero-order valence-corrected chi connectivity index (χ0v) is 59.1. The van der Waals surface area contributed by atoms with Crippen molar-refractivity contribution < 1.29 is 67.5 Å². The van der Waals surface area contributed by atoms with Crippen molar-refractivity contribution in [1.82, 2.24) is 61.1 Å². The molecule has 9 aliphatic rings. The Bertz CT molecular complexity index is 4550. The Labute approximate surface area is 603 Å². The molecule has 3 atom stereocenters. The number of rotatable bonds is 10. The van der Waals surface area contributed by atoms with Gasteiger partial charge in [0.2, 0.25) is 11.8 Å². The van der Waals surface area contributed by atoms with Crippen LogP contribution in [0.1, 0.15) is 103 Å². The number of fused-ring (bicyclic) bond motifs is 11. The number of aromatic amines is 2. The number of carbonyl (C=O) groups excluding carboxylic acids is 7. The molecule has 8 aromatic rings. The monoisotopic (exact) mass is 1490 g/mol. The van der Waals surface area contributed by atoms with Crippen LogP contribution < -0.4 is 35.5 Å². The quantitative estimate of drug-likeness (QED) is 0.0533. The normalized spacial score (nSPS) is 21.0. The van der Waals surface area contributed by atoms with Crippen LogP contribution in [0.25, 0.3) is 56.9 Å². The Morgan fingerprint density at radius 3 is 1.31 bits per heavy atom. The lowest BCUT2D eigenvalue weighted by molar-refractivity contribution is -0.148. The van der Waals surface area contributed by atoms with Crippen LogP contribution in [0.2, 0.25) is 0 Å². The second-order valence-corrected chi connectivity index (χ2v) is 28.4. The summed E-state index contributed by atoms with van der Waals surface area (Å²) >= 11 is 15.0. The number of aliphatic hydroxyl groups is 2. The van der Waals surface area contributed by atoms with E-state index in [2.05, 4.69) is 67.1 Å². The van der Waals surface area contributed by atoms with Gasteiger partial charge < -0.3 is 65.1 Å². The van der Waals surface area contributed by atoms with Gasteiger partial charge >= 0.3 is 0 Å². The number of aromatic nitrogens is 8. The number of ketones is 3. The van der Waals surface area contributed by atoms with E-state index in [0.717, 1.165) is 146 Å². The number of carbonyl (C=O) groups is 7. The lowest BCUT2D eigenvalue weighted by atomic mass is 9.84. The SMILES string of the molecule is COc1ccc(-c2ncc3c(n2)-c2[nH]c4c(c2CC3)C(=O)NC(CO)(CCl)C4)cc1.COc1ccc(-c2ncc3c(n2)-c2[nH]c4c(c2CC3)C(=O)NC2(COC2)C4)cc1.COc1ccc(-c2ncc3c(n2)C(=O)C(Br)CC3)cc1.O=C1CC(=O)NC(CO)(CCl)C1.O=C1CC(=O)NC2(COC2)C1. The summed E-state index contributed by atoms with van der Waals surface area (Å²) in [6.07, 6.45) is 12.1. The van der Waals surface area contributed by atoms with E-state index in [0.29, 0.717) is 68.0 Å². The Morgan fingerprint density at radius 2 is 0.902 bits per heavy atom. The standard InChI is InChI=1S/C22H21ClN4O3.C22H20N4O3.C15H13BrN2O2.C7H10ClNO3.C7H9NO3/c1-30-14-5-2-12(3-6-14)20-24-9-13-4-7-15-17-16(25-19(15)18(13)26-20)8-22(10-23,11-28)27-21(17)29;1-28-14-5-2-12(3-6-14)20-23-9-13-4-7-15-17-16(24-19(15)18(13)25-20)8-22(10-29-11-22)26-21(17)27;1-20-11-5-2-9(3-6-11)15-17-8-10-4-7-12(16)14(19)13(10)18-15;8-3-7(4-10)2-5(11)1-6(12)9-7;9-5-1-6(10)8-7(2-5)3-11-4-7/h2-3,5-6,9,25,28H,4,7-8,10-11H2,1H3,(H,27,29);2-3,5-6,9,24H,4,7-8,10-11H2,1H3,(H,26,27);2-3,5-6,8,12H,4,7H2,1H3;10H,1-4H2,(H,9,12);1-4H2,(H,8,10). The summed E-state index contributed by atoms with van der Waals surface area (Å²) in [7, 11) is 4.90. The van der Waals surface area contributed by atoms with Crippen LogP contribution in [0.4, 0.5) is 0 Å². The first-order valence-corrected chi connectivity index (χ1v) is 35.2. The topological polar surface area (TPSA) is 363 Å². The largest absolute Gasteiger partial charge is 0.497 e. The summed E-state index contributed by atoms with van der Waals surface area (Å²) in [5, 5.41) is 30.1. The first kappa shape index (κ1) is 71.1. The molecule has 8 N–H and O–H groups in total. The fraction of sp³-hybridized carbons (Fsp3) is 0.384. The number of hydrogen-bond acceptors (Lipinski definition) is 20.